The third-order valence-corrected chi connectivity index (χ3v) is 1.49. The zero-order valence-electron chi connectivity index (χ0n) is 4.40. The number of carbonyl (C=O) groups is 1. The Balaban J connectivity index is 2.87. The van der Waals surface area contributed by atoms with Crippen LogP contribution in [0, 0.1) is 0 Å². The fraction of sp³-hybridized carbons (Fsp3) is 0.200. The Labute approximate surface area is 59.6 Å². The second-order valence-electron chi connectivity index (χ2n) is 1.57. The number of hydrogen-bond donors (Lipinski definition) is 0. The molecular weight excluding hydrogens is 189 g/mol. The first-order chi connectivity index (χ1) is 4.20. The van der Waals surface area contributed by atoms with Crippen molar-refractivity contribution in [3.05, 3.63) is 11.9 Å². The van der Waals surface area contributed by atoms with Crippen molar-refractivity contribution in [3.8, 4) is 0 Å². The van der Waals surface area contributed by atoms with Crippen LogP contribution in [0.2, 0.25) is 0 Å². The number of nitrogens with zero attached hydrogens (tertiary/aromatic N) is 1. The maximum Gasteiger partial charge on any atom is 0.180 e. The summed E-state index contributed by atoms with van der Waals surface area (Å²) in [6, 6.07) is 0. The third kappa shape index (κ3) is 1.45. The first-order valence-corrected chi connectivity index (χ1v) is 3.10. The number of ketones is 1. The monoisotopic (exact) mass is 191 g/mol. The number of halogens is 2. The minimum atomic E-state index is -0.591. The average Bonchev–Trinajstić information content (AvgIpc) is 1.80. The maximum absolute atomic E-state index is 12.3. The molecule has 0 N–H and O–H groups in total. The summed E-state index contributed by atoms with van der Waals surface area (Å²) < 4.78 is 12.4. The molecule has 0 atom stereocenters. The highest BCUT2D eigenvalue weighted by atomic mass is 79.9. The highest BCUT2D eigenvalue weighted by Crippen LogP contribution is 2.10. The molecule has 0 saturated carbocycles. The van der Waals surface area contributed by atoms with E-state index in [1.165, 1.54) is 0 Å². The van der Waals surface area contributed by atoms with Crippen LogP contribution in [0.5, 0.6) is 0 Å². The molecule has 1 aliphatic heterocycles. The van der Waals surface area contributed by atoms with E-state index < -0.39 is 5.83 Å². The van der Waals surface area contributed by atoms with Gasteiger partial charge in [-0.15, -0.1) is 0 Å². The second kappa shape index (κ2) is 2.39. The summed E-state index contributed by atoms with van der Waals surface area (Å²) in [6.45, 7) is 0.0496. The number of carbonyl (C=O) groups excluding carboxylic acids is 1. The van der Waals surface area contributed by atoms with Gasteiger partial charge in [-0.05, 0) is 15.9 Å². The van der Waals surface area contributed by atoms with Crippen molar-refractivity contribution in [2.45, 2.75) is 0 Å². The first kappa shape index (κ1) is 6.61. The van der Waals surface area contributed by atoms with Crippen molar-refractivity contribution >= 4 is 26.3 Å². The normalized spacial score (nSPS) is 19.1. The largest absolute Gasteiger partial charge is 0.293 e. The number of allylic oxidation sites excluding steroid dienone is 1. The van der Waals surface area contributed by atoms with E-state index in [9.17, 15) is 9.18 Å². The van der Waals surface area contributed by atoms with E-state index in [1.807, 2.05) is 0 Å². The van der Waals surface area contributed by atoms with Crippen LogP contribution in [0.1, 0.15) is 0 Å². The average molecular weight is 192 g/mol. The zero-order valence-corrected chi connectivity index (χ0v) is 5.98. The van der Waals surface area contributed by atoms with Crippen LogP contribution >= 0.6 is 15.9 Å². The molecule has 0 aromatic carbocycles. The van der Waals surface area contributed by atoms with Crippen LogP contribution in [0.4, 0.5) is 4.39 Å². The second-order valence-corrected chi connectivity index (χ2v) is 2.32. The molecule has 1 heterocycles. The molecule has 0 aromatic rings. The molecule has 1 rings (SSSR count). The number of rotatable bonds is 0. The number of aliphatic imine (C=N–C) groups is 1. The number of hydrogen-bond acceptors (Lipinski definition) is 2. The van der Waals surface area contributed by atoms with Gasteiger partial charge in [0.2, 0.25) is 0 Å². The van der Waals surface area contributed by atoms with Crippen LogP contribution < -0.4 is 0 Å². The standard InChI is InChI=1S/C5H3BrFNO/c6-5-4(7)1-3(9)2-8-5/h1H,2H2. The minimum absolute atomic E-state index is 0.0496. The molecule has 1 aliphatic rings. The van der Waals surface area contributed by atoms with Gasteiger partial charge in [0.1, 0.15) is 11.2 Å². The Morgan fingerprint density at radius 1 is 1.78 bits per heavy atom. The van der Waals surface area contributed by atoms with Crippen molar-refractivity contribution in [2.24, 2.45) is 4.99 Å². The Morgan fingerprint density at radius 2 is 2.44 bits per heavy atom. The van der Waals surface area contributed by atoms with Gasteiger partial charge in [-0.3, -0.25) is 9.79 Å². The van der Waals surface area contributed by atoms with Crippen LogP contribution in [-0.4, -0.2) is 16.9 Å². The van der Waals surface area contributed by atoms with E-state index in [0.717, 1.165) is 6.08 Å². The summed E-state index contributed by atoms with van der Waals surface area (Å²) in [5.74, 6) is -0.887. The van der Waals surface area contributed by atoms with E-state index in [1.54, 1.807) is 0 Å². The Kier molecular flexibility index (Phi) is 1.75. The molecule has 0 spiro atoms. The van der Waals surface area contributed by atoms with Crippen LogP contribution in [-0.2, 0) is 4.79 Å². The molecule has 2 nitrogen and oxygen atoms in total. The summed E-state index contributed by atoms with van der Waals surface area (Å²) in [5.41, 5.74) is 0. The fourth-order valence-electron chi connectivity index (χ4n) is 0.469. The predicted octanol–water partition coefficient (Wildman–Crippen LogP) is 1.22. The third-order valence-electron chi connectivity index (χ3n) is 0.858. The molecule has 48 valence electrons. The molecule has 0 bridgehead atoms. The lowest BCUT2D eigenvalue weighted by molar-refractivity contribution is -0.113. The quantitative estimate of drug-likeness (QED) is 0.567. The van der Waals surface area contributed by atoms with Crippen molar-refractivity contribution in [1.29, 1.82) is 0 Å². The van der Waals surface area contributed by atoms with Gasteiger partial charge in [0.15, 0.2) is 11.6 Å². The summed E-state index contributed by atoms with van der Waals surface area (Å²) in [6.07, 6.45) is 0.928. The van der Waals surface area contributed by atoms with Crippen molar-refractivity contribution < 1.29 is 9.18 Å². The molecule has 0 radical (unpaired) electrons. The van der Waals surface area contributed by atoms with E-state index in [4.69, 9.17) is 0 Å². The van der Waals surface area contributed by atoms with Crippen molar-refractivity contribution in [2.75, 3.05) is 6.54 Å². The molecule has 0 saturated heterocycles. The zero-order chi connectivity index (χ0) is 6.85. The van der Waals surface area contributed by atoms with Crippen LogP contribution in [0.25, 0.3) is 0 Å². The van der Waals surface area contributed by atoms with Gasteiger partial charge >= 0.3 is 0 Å². The fourth-order valence-corrected chi connectivity index (χ4v) is 0.709. The molecule has 0 aliphatic carbocycles. The topological polar surface area (TPSA) is 29.4 Å². The highest BCUT2D eigenvalue weighted by molar-refractivity contribution is 9.18. The van der Waals surface area contributed by atoms with Gasteiger partial charge in [0.05, 0.1) is 0 Å². The van der Waals surface area contributed by atoms with Gasteiger partial charge in [0.25, 0.3) is 0 Å². The highest BCUT2D eigenvalue weighted by Gasteiger charge is 2.10. The molecule has 0 unspecified atom stereocenters. The molecular formula is C5H3BrFNO. The lowest BCUT2D eigenvalue weighted by atomic mass is 10.3. The van der Waals surface area contributed by atoms with E-state index in [-0.39, 0.29) is 16.9 Å². The summed E-state index contributed by atoms with van der Waals surface area (Å²) >= 11 is 2.84. The summed E-state index contributed by atoms with van der Waals surface area (Å²) in [4.78, 5) is 13.9. The maximum atomic E-state index is 12.3. The minimum Gasteiger partial charge on any atom is -0.293 e. The van der Waals surface area contributed by atoms with Gasteiger partial charge in [0, 0.05) is 6.08 Å². The molecule has 0 aromatic heterocycles. The Morgan fingerprint density at radius 3 is 2.89 bits per heavy atom. The van der Waals surface area contributed by atoms with Crippen LogP contribution in [0.3, 0.4) is 0 Å². The van der Waals surface area contributed by atoms with E-state index >= 15 is 0 Å². The molecule has 9 heavy (non-hydrogen) atoms. The Bertz CT molecular complexity index is 209. The van der Waals surface area contributed by atoms with Crippen molar-refractivity contribution in [1.82, 2.24) is 0 Å². The molecule has 4 heteroatoms. The number of dihydropyridines is 1. The van der Waals surface area contributed by atoms with Crippen molar-refractivity contribution in [3.63, 3.8) is 0 Å². The van der Waals surface area contributed by atoms with Gasteiger partial charge in [-0.1, -0.05) is 0 Å². The molecule has 0 amide bonds. The van der Waals surface area contributed by atoms with Gasteiger partial charge in [-0.25, -0.2) is 4.39 Å². The van der Waals surface area contributed by atoms with Gasteiger partial charge < -0.3 is 0 Å². The smallest absolute Gasteiger partial charge is 0.180 e. The summed E-state index contributed by atoms with van der Waals surface area (Å²) in [7, 11) is 0. The predicted molar refractivity (Wildman–Crippen MR) is 35.4 cm³/mol. The first-order valence-electron chi connectivity index (χ1n) is 2.30. The lowest BCUT2D eigenvalue weighted by Gasteiger charge is -1.99. The van der Waals surface area contributed by atoms with Crippen LogP contribution in [0.15, 0.2) is 16.9 Å². The van der Waals surface area contributed by atoms with E-state index in [0.29, 0.717) is 0 Å². The SMILES string of the molecule is O=C1C=C(F)C(Br)=NC1. The summed E-state index contributed by atoms with van der Waals surface area (Å²) in [5, 5.41) is 0. The van der Waals surface area contributed by atoms with E-state index in [2.05, 4.69) is 20.9 Å². The Hall–Kier alpha value is -0.510. The molecule has 0 fully saturated rings. The lowest BCUT2D eigenvalue weighted by Crippen LogP contribution is -2.07. The van der Waals surface area contributed by atoms with Gasteiger partial charge in [-0.2, -0.15) is 0 Å².